The molecule has 1 aliphatic carbocycles. The van der Waals surface area contributed by atoms with Crippen molar-refractivity contribution in [2.45, 2.75) is 37.1 Å². The lowest BCUT2D eigenvalue weighted by atomic mass is 9.67. The van der Waals surface area contributed by atoms with E-state index in [1.807, 2.05) is 0 Å². The quantitative estimate of drug-likeness (QED) is 0.827. The first kappa shape index (κ1) is 17.6. The maximum Gasteiger partial charge on any atom is 0.228 e. The van der Waals surface area contributed by atoms with Gasteiger partial charge in [0.25, 0.3) is 0 Å². The molecule has 0 aromatic heterocycles. The van der Waals surface area contributed by atoms with E-state index in [1.165, 1.54) is 29.7 Å². The predicted octanol–water partition coefficient (Wildman–Crippen LogP) is 3.23. The van der Waals surface area contributed by atoms with Crippen LogP contribution in [0.15, 0.2) is 29.2 Å². The van der Waals surface area contributed by atoms with Gasteiger partial charge in [-0.25, -0.2) is 0 Å². The molecule has 0 radical (unpaired) electrons. The van der Waals surface area contributed by atoms with E-state index in [2.05, 4.69) is 41.2 Å². The summed E-state index contributed by atoms with van der Waals surface area (Å²) in [6.07, 6.45) is 6.78. The zero-order valence-electron chi connectivity index (χ0n) is 13.1. The molecule has 2 N–H and O–H groups in total. The van der Waals surface area contributed by atoms with Gasteiger partial charge in [-0.2, -0.15) is 0 Å². The number of nitrogens with one attached hydrogen (secondary N) is 2. The molecule has 3 rings (SSSR count). The Labute approximate surface area is 143 Å². The van der Waals surface area contributed by atoms with E-state index in [4.69, 9.17) is 0 Å². The highest BCUT2D eigenvalue weighted by Gasteiger charge is 2.49. The first-order valence-corrected chi connectivity index (χ1v) is 9.09. The van der Waals surface area contributed by atoms with Crippen molar-refractivity contribution in [3.63, 3.8) is 0 Å². The molecule has 1 saturated carbocycles. The number of carbonyl (C=O) groups excluding carboxylic acids is 1. The van der Waals surface area contributed by atoms with Crippen LogP contribution >= 0.6 is 24.2 Å². The van der Waals surface area contributed by atoms with E-state index in [9.17, 15) is 4.79 Å². The lowest BCUT2D eigenvalue weighted by Crippen LogP contribution is -2.47. The number of fused-ring (bicyclic) bond motifs is 1. The highest BCUT2D eigenvalue weighted by molar-refractivity contribution is 7.98. The van der Waals surface area contributed by atoms with E-state index in [-0.39, 0.29) is 23.7 Å². The number of hydrogen-bond donors (Lipinski definition) is 2. The zero-order chi connectivity index (χ0) is 14.7. The molecule has 0 unspecified atom stereocenters. The summed E-state index contributed by atoms with van der Waals surface area (Å²) in [7, 11) is 0. The van der Waals surface area contributed by atoms with Gasteiger partial charge in [0.2, 0.25) is 5.91 Å². The SMILES string of the molecule is CSc1ccc(CNC(=O)[C@@]23CCCC[C@H]2CNC3)cc1.Cl. The van der Waals surface area contributed by atoms with Crippen molar-refractivity contribution >= 4 is 30.1 Å². The van der Waals surface area contributed by atoms with Crippen molar-refractivity contribution in [2.75, 3.05) is 19.3 Å². The molecule has 1 aromatic carbocycles. The second kappa shape index (κ2) is 7.71. The van der Waals surface area contributed by atoms with Crippen LogP contribution in [0.2, 0.25) is 0 Å². The van der Waals surface area contributed by atoms with Crippen LogP contribution in [0, 0.1) is 11.3 Å². The van der Waals surface area contributed by atoms with E-state index < -0.39 is 0 Å². The minimum atomic E-state index is -0.141. The highest BCUT2D eigenvalue weighted by atomic mass is 35.5. The van der Waals surface area contributed by atoms with Gasteiger partial charge in [0.15, 0.2) is 0 Å². The highest BCUT2D eigenvalue weighted by Crippen LogP contribution is 2.43. The summed E-state index contributed by atoms with van der Waals surface area (Å²) in [5.41, 5.74) is 1.04. The summed E-state index contributed by atoms with van der Waals surface area (Å²) in [6.45, 7) is 2.51. The van der Waals surface area contributed by atoms with Gasteiger partial charge in [0, 0.05) is 18.0 Å². The molecule has 122 valence electrons. The number of thioether (sulfide) groups is 1. The molecule has 1 heterocycles. The van der Waals surface area contributed by atoms with Crippen LogP contribution in [-0.4, -0.2) is 25.3 Å². The number of benzene rings is 1. The van der Waals surface area contributed by atoms with Crippen molar-refractivity contribution in [1.82, 2.24) is 10.6 Å². The van der Waals surface area contributed by atoms with Crippen LogP contribution in [-0.2, 0) is 11.3 Å². The van der Waals surface area contributed by atoms with Crippen molar-refractivity contribution in [3.8, 4) is 0 Å². The molecule has 5 heteroatoms. The van der Waals surface area contributed by atoms with Crippen molar-refractivity contribution in [3.05, 3.63) is 29.8 Å². The first-order chi connectivity index (χ1) is 10.2. The zero-order valence-corrected chi connectivity index (χ0v) is 14.7. The molecular weight excluding hydrogens is 316 g/mol. The van der Waals surface area contributed by atoms with Crippen molar-refractivity contribution < 1.29 is 4.79 Å². The Morgan fingerprint density at radius 1 is 1.36 bits per heavy atom. The average Bonchev–Trinajstić information content (AvgIpc) is 2.98. The third kappa shape index (κ3) is 3.44. The molecule has 0 spiro atoms. The first-order valence-electron chi connectivity index (χ1n) is 7.86. The topological polar surface area (TPSA) is 41.1 Å². The largest absolute Gasteiger partial charge is 0.351 e. The number of carbonyl (C=O) groups is 1. The van der Waals surface area contributed by atoms with Gasteiger partial charge in [0.05, 0.1) is 5.41 Å². The van der Waals surface area contributed by atoms with Gasteiger partial charge in [0.1, 0.15) is 0 Å². The Hall–Kier alpha value is -0.710. The van der Waals surface area contributed by atoms with Crippen LogP contribution in [0.4, 0.5) is 0 Å². The van der Waals surface area contributed by atoms with E-state index in [0.29, 0.717) is 12.5 Å². The molecule has 2 fully saturated rings. The molecule has 1 aliphatic heterocycles. The Kier molecular flexibility index (Phi) is 6.18. The smallest absolute Gasteiger partial charge is 0.228 e. The van der Waals surface area contributed by atoms with Crippen molar-refractivity contribution in [1.29, 1.82) is 0 Å². The molecular formula is C17H25ClN2OS. The maximum atomic E-state index is 12.7. The van der Waals surface area contributed by atoms with Gasteiger partial charge in [-0.1, -0.05) is 25.0 Å². The third-order valence-corrected chi connectivity index (χ3v) is 5.85. The second-order valence-corrected chi connectivity index (χ2v) is 7.14. The molecule has 1 aromatic rings. The summed E-state index contributed by atoms with van der Waals surface area (Å²) < 4.78 is 0. The molecule has 1 saturated heterocycles. The van der Waals surface area contributed by atoms with Crippen LogP contribution < -0.4 is 10.6 Å². The summed E-state index contributed by atoms with van der Waals surface area (Å²) >= 11 is 1.74. The fourth-order valence-electron chi connectivity index (χ4n) is 3.79. The molecule has 2 aliphatic rings. The van der Waals surface area contributed by atoms with Gasteiger partial charge in [-0.3, -0.25) is 4.79 Å². The predicted molar refractivity (Wildman–Crippen MR) is 94.6 cm³/mol. The lowest BCUT2D eigenvalue weighted by Gasteiger charge is -2.37. The number of amides is 1. The lowest BCUT2D eigenvalue weighted by molar-refractivity contribution is -0.134. The maximum absolute atomic E-state index is 12.7. The van der Waals surface area contributed by atoms with E-state index >= 15 is 0 Å². The Balaban J connectivity index is 0.00000176. The standard InChI is InChI=1S/C17H24N2OS.ClH/c1-21-15-7-5-13(6-8-15)10-19-16(20)17-9-3-2-4-14(17)11-18-12-17;/h5-8,14,18H,2-4,9-12H2,1H3,(H,19,20);1H/t14-,17+;/m0./s1. The molecule has 2 atom stereocenters. The number of hydrogen-bond acceptors (Lipinski definition) is 3. The monoisotopic (exact) mass is 340 g/mol. The van der Waals surface area contributed by atoms with Crippen LogP contribution in [0.1, 0.15) is 31.2 Å². The van der Waals surface area contributed by atoms with E-state index in [1.54, 1.807) is 11.8 Å². The van der Waals surface area contributed by atoms with Gasteiger partial charge in [-0.15, -0.1) is 24.2 Å². The second-order valence-electron chi connectivity index (χ2n) is 6.26. The fourth-order valence-corrected chi connectivity index (χ4v) is 4.20. The average molecular weight is 341 g/mol. The Bertz CT molecular complexity index is 508. The van der Waals surface area contributed by atoms with Crippen LogP contribution in [0.5, 0.6) is 0 Å². The molecule has 22 heavy (non-hydrogen) atoms. The van der Waals surface area contributed by atoms with Crippen molar-refractivity contribution in [2.24, 2.45) is 11.3 Å². The van der Waals surface area contributed by atoms with Gasteiger partial charge >= 0.3 is 0 Å². The minimum Gasteiger partial charge on any atom is -0.351 e. The van der Waals surface area contributed by atoms with E-state index in [0.717, 1.165) is 19.5 Å². The van der Waals surface area contributed by atoms with Gasteiger partial charge in [-0.05, 0) is 49.3 Å². The summed E-state index contributed by atoms with van der Waals surface area (Å²) in [5, 5.41) is 6.62. The third-order valence-electron chi connectivity index (χ3n) is 5.10. The summed E-state index contributed by atoms with van der Waals surface area (Å²) in [4.78, 5) is 14.0. The summed E-state index contributed by atoms with van der Waals surface area (Å²) in [6, 6.07) is 8.44. The molecule has 0 bridgehead atoms. The van der Waals surface area contributed by atoms with Crippen LogP contribution in [0.25, 0.3) is 0 Å². The van der Waals surface area contributed by atoms with Crippen LogP contribution in [0.3, 0.4) is 0 Å². The van der Waals surface area contributed by atoms with Gasteiger partial charge < -0.3 is 10.6 Å². The molecule has 1 amide bonds. The Morgan fingerprint density at radius 3 is 2.86 bits per heavy atom. The normalized spacial score (nSPS) is 26.9. The number of halogens is 1. The minimum absolute atomic E-state index is 0. The number of rotatable bonds is 4. The fraction of sp³-hybridized carbons (Fsp3) is 0.588. The Morgan fingerprint density at radius 2 is 2.14 bits per heavy atom. The summed E-state index contributed by atoms with van der Waals surface area (Å²) in [5.74, 6) is 0.788. The molecule has 3 nitrogen and oxygen atoms in total.